The van der Waals surface area contributed by atoms with E-state index in [1.807, 2.05) is 6.07 Å². The molecule has 2 aliphatic heterocycles. The lowest BCUT2D eigenvalue weighted by atomic mass is 9.68. The van der Waals surface area contributed by atoms with Crippen molar-refractivity contribution < 1.29 is 34.6 Å². The van der Waals surface area contributed by atoms with E-state index < -0.39 is 37.3 Å². The molecule has 0 amide bonds. The number of rotatable bonds is 6. The molecule has 7 atom stereocenters. The van der Waals surface area contributed by atoms with Gasteiger partial charge >= 0.3 is 0 Å². The van der Waals surface area contributed by atoms with Gasteiger partial charge in [-0.1, -0.05) is 25.0 Å². The molecular formula is C26H38O7. The van der Waals surface area contributed by atoms with Crippen LogP contribution in [0.25, 0.3) is 0 Å². The molecule has 0 aromatic heterocycles. The normalized spacial score (nSPS) is 35.2. The third kappa shape index (κ3) is 4.66. The van der Waals surface area contributed by atoms with Crippen LogP contribution in [-0.4, -0.2) is 57.4 Å². The molecule has 1 aromatic rings. The lowest BCUT2D eigenvalue weighted by molar-refractivity contribution is -0.313. The van der Waals surface area contributed by atoms with Gasteiger partial charge in [-0.25, -0.2) is 0 Å². The summed E-state index contributed by atoms with van der Waals surface area (Å²) >= 11 is 0. The van der Waals surface area contributed by atoms with E-state index in [4.69, 9.17) is 14.2 Å². The number of ether oxygens (including phenoxy) is 3. The Hall–Kier alpha value is -1.64. The van der Waals surface area contributed by atoms with Crippen LogP contribution in [0.2, 0.25) is 0 Å². The summed E-state index contributed by atoms with van der Waals surface area (Å²) in [6.45, 7) is 8.12. The van der Waals surface area contributed by atoms with E-state index in [-0.39, 0.29) is 17.4 Å². The number of fused-ring (bicyclic) bond motifs is 3. The van der Waals surface area contributed by atoms with Crippen LogP contribution in [0.3, 0.4) is 0 Å². The summed E-state index contributed by atoms with van der Waals surface area (Å²) in [6, 6.07) is 4.10. The van der Waals surface area contributed by atoms with Gasteiger partial charge < -0.3 is 34.6 Å². The highest BCUT2D eigenvalue weighted by Gasteiger charge is 2.48. The smallest absolute Gasteiger partial charge is 0.210 e. The van der Waals surface area contributed by atoms with Crippen molar-refractivity contribution in [3.63, 3.8) is 0 Å². The zero-order chi connectivity index (χ0) is 23.9. The van der Waals surface area contributed by atoms with Gasteiger partial charge in [-0.15, -0.1) is 0 Å². The highest BCUT2D eigenvalue weighted by Crippen LogP contribution is 2.54. The van der Waals surface area contributed by atoms with Gasteiger partial charge in [-0.05, 0) is 64.2 Å². The van der Waals surface area contributed by atoms with Gasteiger partial charge in [-0.3, -0.25) is 0 Å². The molecule has 1 aliphatic carbocycles. The third-order valence-corrected chi connectivity index (χ3v) is 7.49. The summed E-state index contributed by atoms with van der Waals surface area (Å²) in [7, 11) is 0. The summed E-state index contributed by atoms with van der Waals surface area (Å²) in [4.78, 5) is 0. The molecule has 184 valence electrons. The molecule has 1 unspecified atom stereocenters. The summed E-state index contributed by atoms with van der Waals surface area (Å²) in [5.74, 6) is 0.835. The highest BCUT2D eigenvalue weighted by atomic mass is 16.7. The van der Waals surface area contributed by atoms with Gasteiger partial charge in [0.2, 0.25) is 6.29 Å². The quantitative estimate of drug-likeness (QED) is 0.481. The zero-order valence-electron chi connectivity index (χ0n) is 20.0. The first-order valence-corrected chi connectivity index (χ1v) is 12.2. The minimum atomic E-state index is -1.60. The van der Waals surface area contributed by atoms with Crippen molar-refractivity contribution in [2.75, 3.05) is 6.61 Å². The van der Waals surface area contributed by atoms with Gasteiger partial charge in [0.1, 0.15) is 23.2 Å². The third-order valence-electron chi connectivity index (χ3n) is 7.49. The molecule has 7 nitrogen and oxygen atoms in total. The van der Waals surface area contributed by atoms with Crippen LogP contribution < -0.4 is 9.47 Å². The minimum Gasteiger partial charge on any atom is -0.487 e. The average Bonchev–Trinajstić information content (AvgIpc) is 2.75. The van der Waals surface area contributed by atoms with E-state index in [2.05, 4.69) is 39.8 Å². The Morgan fingerprint density at radius 1 is 1.15 bits per heavy atom. The molecule has 4 rings (SSSR count). The Balaban J connectivity index is 1.78. The molecule has 4 N–H and O–H groups in total. The molecular weight excluding hydrogens is 424 g/mol. The van der Waals surface area contributed by atoms with E-state index in [1.54, 1.807) is 0 Å². The van der Waals surface area contributed by atoms with Crippen molar-refractivity contribution in [3.05, 3.63) is 34.9 Å². The fourth-order valence-electron chi connectivity index (χ4n) is 5.52. The standard InChI is InChI=1S/C26H38O7/c1-5-6-7-15-11-19(31-25-17(13-27)22(28)23(29)24(30)32-25)21-16-10-14(2)8-9-18(16)26(3,4)33-20(21)12-15/h10-12,16-18,22-25,27-30H,5-9,13H2,1-4H3/t16-,17-,18-,22-,23+,24+,25?/m1/s1. The molecule has 2 heterocycles. The predicted octanol–water partition coefficient (Wildman–Crippen LogP) is 3.02. The Kier molecular flexibility index (Phi) is 7.08. The Bertz CT molecular complexity index is 880. The monoisotopic (exact) mass is 462 g/mol. The molecule has 3 aliphatic rings. The van der Waals surface area contributed by atoms with Gasteiger partial charge in [0, 0.05) is 17.4 Å². The average molecular weight is 463 g/mol. The van der Waals surface area contributed by atoms with Crippen molar-refractivity contribution in [1.82, 2.24) is 0 Å². The van der Waals surface area contributed by atoms with Crippen LogP contribution >= 0.6 is 0 Å². The molecule has 1 saturated heterocycles. The van der Waals surface area contributed by atoms with Crippen molar-refractivity contribution in [2.24, 2.45) is 11.8 Å². The van der Waals surface area contributed by atoms with E-state index in [1.165, 1.54) is 5.57 Å². The molecule has 1 aromatic carbocycles. The molecule has 1 fully saturated rings. The van der Waals surface area contributed by atoms with Crippen LogP contribution in [0.15, 0.2) is 23.8 Å². The van der Waals surface area contributed by atoms with Gasteiger partial charge in [-0.2, -0.15) is 0 Å². The minimum absolute atomic E-state index is 0.101. The zero-order valence-corrected chi connectivity index (χ0v) is 20.0. The number of unbranched alkanes of at least 4 members (excludes halogenated alkanes) is 1. The molecule has 0 spiro atoms. The van der Waals surface area contributed by atoms with Crippen LogP contribution in [0.1, 0.15) is 70.4 Å². The summed E-state index contributed by atoms with van der Waals surface area (Å²) in [5.41, 5.74) is 3.01. The highest BCUT2D eigenvalue weighted by molar-refractivity contribution is 5.54. The van der Waals surface area contributed by atoms with Crippen molar-refractivity contribution in [2.45, 2.75) is 96.1 Å². The number of benzene rings is 1. The second-order valence-electron chi connectivity index (χ2n) is 10.3. The van der Waals surface area contributed by atoms with E-state index in [0.717, 1.165) is 49.0 Å². The van der Waals surface area contributed by atoms with Crippen LogP contribution in [0, 0.1) is 11.8 Å². The first-order valence-electron chi connectivity index (χ1n) is 12.2. The SMILES string of the molecule is CCCCc1cc(OC2O[C@H](O)[C@@H](O)[C@H](O)[C@H]2CO)c2c(c1)OC(C)(C)[C@@H]1CCC(C)=C[C@@H]21. The maximum absolute atomic E-state index is 10.4. The van der Waals surface area contributed by atoms with Crippen LogP contribution in [0.4, 0.5) is 0 Å². The maximum atomic E-state index is 10.4. The Labute approximate surface area is 196 Å². The number of aliphatic hydroxyl groups excluding tert-OH is 4. The Morgan fingerprint density at radius 2 is 1.91 bits per heavy atom. The molecule has 0 radical (unpaired) electrons. The second kappa shape index (κ2) is 9.55. The summed E-state index contributed by atoms with van der Waals surface area (Å²) < 4.78 is 18.3. The van der Waals surface area contributed by atoms with Gasteiger partial charge in [0.05, 0.1) is 18.6 Å². The molecule has 0 saturated carbocycles. The number of hydrogen-bond acceptors (Lipinski definition) is 7. The van der Waals surface area contributed by atoms with E-state index in [9.17, 15) is 20.4 Å². The van der Waals surface area contributed by atoms with Gasteiger partial charge in [0.15, 0.2) is 6.29 Å². The predicted molar refractivity (Wildman–Crippen MR) is 123 cm³/mol. The van der Waals surface area contributed by atoms with Crippen LogP contribution in [-0.2, 0) is 11.2 Å². The fraction of sp³-hybridized carbons (Fsp3) is 0.692. The molecule has 33 heavy (non-hydrogen) atoms. The van der Waals surface area contributed by atoms with E-state index in [0.29, 0.717) is 5.75 Å². The number of aryl methyl sites for hydroxylation is 1. The fourth-order valence-corrected chi connectivity index (χ4v) is 5.52. The molecule has 7 heteroatoms. The first-order chi connectivity index (χ1) is 15.7. The lowest BCUT2D eigenvalue weighted by Gasteiger charge is -2.47. The first kappa shape index (κ1) is 24.5. The van der Waals surface area contributed by atoms with Crippen LogP contribution in [0.5, 0.6) is 11.5 Å². The largest absolute Gasteiger partial charge is 0.487 e. The maximum Gasteiger partial charge on any atom is 0.210 e. The topological polar surface area (TPSA) is 109 Å². The Morgan fingerprint density at radius 3 is 2.61 bits per heavy atom. The van der Waals surface area contributed by atoms with Gasteiger partial charge in [0.25, 0.3) is 0 Å². The number of aliphatic hydroxyl groups is 4. The van der Waals surface area contributed by atoms with Crippen molar-refractivity contribution >= 4 is 0 Å². The molecule has 0 bridgehead atoms. The number of hydrogen-bond donors (Lipinski definition) is 4. The number of allylic oxidation sites excluding steroid dienone is 2. The van der Waals surface area contributed by atoms with Crippen molar-refractivity contribution in [1.29, 1.82) is 0 Å². The van der Waals surface area contributed by atoms with Crippen molar-refractivity contribution in [3.8, 4) is 11.5 Å². The van der Waals surface area contributed by atoms with E-state index >= 15 is 0 Å². The lowest BCUT2D eigenvalue weighted by Crippen LogP contribution is -2.57. The second-order valence-corrected chi connectivity index (χ2v) is 10.3. The summed E-state index contributed by atoms with van der Waals surface area (Å²) in [6.07, 6.45) is 1.69. The summed E-state index contributed by atoms with van der Waals surface area (Å²) in [5, 5.41) is 40.3.